The van der Waals surface area contributed by atoms with Crippen LogP contribution in [0, 0.1) is 29.6 Å². The van der Waals surface area contributed by atoms with E-state index in [0.29, 0.717) is 5.69 Å². The number of amides is 3. The summed E-state index contributed by atoms with van der Waals surface area (Å²) >= 11 is 2.89. The molecular weight excluding hydrogens is 522 g/mol. The van der Waals surface area contributed by atoms with Gasteiger partial charge >= 0.3 is 4.87 Å². The number of imide groups is 1. The first-order valence-corrected chi connectivity index (χ1v) is 14.4. The predicted molar refractivity (Wildman–Crippen MR) is 143 cm³/mol. The molecule has 8 nitrogen and oxygen atoms in total. The van der Waals surface area contributed by atoms with Crippen LogP contribution in [0.2, 0.25) is 0 Å². The van der Waals surface area contributed by atoms with Crippen LogP contribution in [-0.2, 0) is 14.4 Å². The highest BCUT2D eigenvalue weighted by Gasteiger charge is 2.69. The summed E-state index contributed by atoms with van der Waals surface area (Å²) < 4.78 is 5.35. The van der Waals surface area contributed by atoms with E-state index in [4.69, 9.17) is 4.74 Å². The van der Waals surface area contributed by atoms with Crippen LogP contribution in [0.4, 0.5) is 5.69 Å². The van der Waals surface area contributed by atoms with Gasteiger partial charge in [-0.15, -0.1) is 11.8 Å². The third kappa shape index (κ3) is 3.50. The molecule has 2 aliphatic carbocycles. The van der Waals surface area contributed by atoms with E-state index in [1.807, 2.05) is 42.5 Å². The first-order valence-electron chi connectivity index (χ1n) is 12.7. The molecule has 2 bridgehead atoms. The van der Waals surface area contributed by atoms with Gasteiger partial charge in [0.15, 0.2) is 0 Å². The summed E-state index contributed by atoms with van der Waals surface area (Å²) in [7, 11) is 1.63. The summed E-state index contributed by atoms with van der Waals surface area (Å²) in [5.41, 5.74) is 1.71. The van der Waals surface area contributed by atoms with E-state index >= 15 is 0 Å². The third-order valence-electron chi connectivity index (χ3n) is 8.65. The molecule has 7 rings (SSSR count). The minimum absolute atomic E-state index is 0.0126. The number of aromatic nitrogens is 1. The van der Waals surface area contributed by atoms with Crippen molar-refractivity contribution in [2.24, 2.45) is 29.6 Å². The largest absolute Gasteiger partial charge is 0.497 e. The molecule has 1 aromatic heterocycles. The van der Waals surface area contributed by atoms with Crippen LogP contribution >= 0.6 is 23.1 Å². The Labute approximate surface area is 226 Å². The van der Waals surface area contributed by atoms with Crippen LogP contribution in [-0.4, -0.2) is 46.5 Å². The molecular formula is C28H25N3O5S2. The molecule has 3 amide bonds. The van der Waals surface area contributed by atoms with E-state index < -0.39 is 11.8 Å². The number of aromatic amines is 1. The summed E-state index contributed by atoms with van der Waals surface area (Å²) in [6, 6.07) is 16.9. The predicted octanol–water partition coefficient (Wildman–Crippen LogP) is 3.56. The van der Waals surface area contributed by atoms with Gasteiger partial charge < -0.3 is 15.0 Å². The van der Waals surface area contributed by atoms with E-state index in [0.717, 1.165) is 27.6 Å². The van der Waals surface area contributed by atoms with Crippen LogP contribution in [0.25, 0.3) is 0 Å². The fraction of sp³-hybridized carbons (Fsp3) is 0.357. The molecule has 0 spiro atoms. The number of methoxy groups -OCH3 is 1. The Hall–Kier alpha value is -3.37. The van der Waals surface area contributed by atoms with Gasteiger partial charge in [0.25, 0.3) is 0 Å². The highest BCUT2D eigenvalue weighted by molar-refractivity contribution is 8.00. The molecule has 3 heterocycles. The van der Waals surface area contributed by atoms with Crippen molar-refractivity contribution in [3.63, 3.8) is 0 Å². The van der Waals surface area contributed by atoms with E-state index in [9.17, 15) is 19.2 Å². The molecule has 7 unspecified atom stereocenters. The minimum atomic E-state index is -0.420. The lowest BCUT2D eigenvalue weighted by Gasteiger charge is -2.43. The zero-order chi connectivity index (χ0) is 26.1. The average molecular weight is 548 g/mol. The Kier molecular flexibility index (Phi) is 5.52. The summed E-state index contributed by atoms with van der Waals surface area (Å²) in [4.78, 5) is 57.5. The molecule has 4 aliphatic rings. The molecule has 3 aromatic rings. The number of nitrogens with one attached hydrogen (secondary N) is 2. The Morgan fingerprint density at radius 1 is 1.03 bits per heavy atom. The quantitative estimate of drug-likeness (QED) is 0.473. The lowest BCUT2D eigenvalue weighted by atomic mass is 9.68. The van der Waals surface area contributed by atoms with E-state index in [2.05, 4.69) is 10.3 Å². The molecule has 2 saturated carbocycles. The number of hydrogen-bond acceptors (Lipinski definition) is 7. The first kappa shape index (κ1) is 23.7. The molecule has 3 fully saturated rings. The zero-order valence-corrected chi connectivity index (χ0v) is 22.1. The van der Waals surface area contributed by atoms with Crippen LogP contribution in [0.5, 0.6) is 5.75 Å². The van der Waals surface area contributed by atoms with Crippen molar-refractivity contribution in [2.45, 2.75) is 22.6 Å². The average Bonchev–Trinajstić information content (AvgIpc) is 3.65. The molecule has 1 saturated heterocycles. The number of para-hydroxylation sites is 1. The van der Waals surface area contributed by atoms with Crippen molar-refractivity contribution in [1.29, 1.82) is 0 Å². The second-order valence-electron chi connectivity index (χ2n) is 10.4. The lowest BCUT2D eigenvalue weighted by Crippen LogP contribution is -2.42. The number of fused-ring (bicyclic) bond motifs is 9. The number of thioether (sulfide) groups is 1. The van der Waals surface area contributed by atoms with Crippen molar-refractivity contribution in [2.75, 3.05) is 19.0 Å². The fourth-order valence-electron chi connectivity index (χ4n) is 7.28. The van der Waals surface area contributed by atoms with Crippen molar-refractivity contribution >= 4 is 46.5 Å². The highest BCUT2D eigenvalue weighted by Crippen LogP contribution is 2.68. The van der Waals surface area contributed by atoms with Crippen molar-refractivity contribution in [3.8, 4) is 5.75 Å². The van der Waals surface area contributed by atoms with E-state index in [1.54, 1.807) is 31.0 Å². The molecule has 38 heavy (non-hydrogen) atoms. The number of carbonyl (C=O) groups excluding carboxylic acids is 3. The van der Waals surface area contributed by atoms with Crippen molar-refractivity contribution in [1.82, 2.24) is 9.88 Å². The summed E-state index contributed by atoms with van der Waals surface area (Å²) in [6.07, 6.45) is 0.811. The van der Waals surface area contributed by atoms with Gasteiger partial charge in [-0.25, -0.2) is 0 Å². The maximum atomic E-state index is 13.7. The number of nitrogens with zero attached hydrogens (tertiary/aromatic N) is 1. The lowest BCUT2D eigenvalue weighted by molar-refractivity contribution is -0.143. The second kappa shape index (κ2) is 8.84. The Morgan fingerprint density at radius 3 is 2.45 bits per heavy atom. The van der Waals surface area contributed by atoms with Crippen molar-refractivity contribution < 1.29 is 19.1 Å². The van der Waals surface area contributed by atoms with Gasteiger partial charge in [-0.05, 0) is 54.0 Å². The second-order valence-corrected chi connectivity index (χ2v) is 12.6. The van der Waals surface area contributed by atoms with Crippen LogP contribution in [0.3, 0.4) is 0 Å². The van der Waals surface area contributed by atoms with E-state index in [-0.39, 0.29) is 58.1 Å². The Bertz CT molecular complexity index is 1500. The topological polar surface area (TPSA) is 109 Å². The standard InChI is InChI=1S/C28H25N3O5S2/c1-36-15-9-7-13(8-10-15)19-20-16-11-17(23(20)37-25-24(19)38-28(35)30-25)22-21(16)26(33)31(27(22)34)12-18(32)29-14-5-3-2-4-6-14/h2-10,16-17,19-23H,11-12H2,1H3,(H,29,32)(H,30,35). The number of anilines is 1. The maximum Gasteiger partial charge on any atom is 0.305 e. The minimum Gasteiger partial charge on any atom is -0.497 e. The number of hydrogen-bond donors (Lipinski definition) is 2. The number of H-pyrrole nitrogens is 1. The monoisotopic (exact) mass is 547 g/mol. The number of carbonyl (C=O) groups is 3. The number of benzene rings is 2. The van der Waals surface area contributed by atoms with Gasteiger partial charge in [-0.3, -0.25) is 24.1 Å². The zero-order valence-electron chi connectivity index (χ0n) is 20.5. The van der Waals surface area contributed by atoms with Crippen LogP contribution in [0.1, 0.15) is 22.8 Å². The Morgan fingerprint density at radius 2 is 1.74 bits per heavy atom. The molecule has 0 radical (unpaired) electrons. The van der Waals surface area contributed by atoms with Gasteiger partial charge in [0.2, 0.25) is 17.7 Å². The normalized spacial score (nSPS) is 30.7. The summed E-state index contributed by atoms with van der Waals surface area (Å²) in [6.45, 7) is -0.274. The smallest absolute Gasteiger partial charge is 0.305 e. The Balaban J connectivity index is 1.20. The van der Waals surface area contributed by atoms with Crippen LogP contribution in [0.15, 0.2) is 64.4 Å². The van der Waals surface area contributed by atoms with Gasteiger partial charge in [-0.2, -0.15) is 0 Å². The number of rotatable bonds is 5. The maximum absolute atomic E-state index is 13.7. The number of ether oxygens (including phenoxy) is 1. The van der Waals surface area contributed by atoms with Gasteiger partial charge in [-0.1, -0.05) is 41.7 Å². The molecule has 2 aromatic carbocycles. The highest BCUT2D eigenvalue weighted by atomic mass is 32.2. The molecule has 10 heteroatoms. The number of likely N-dealkylation sites (tertiary alicyclic amines) is 1. The number of thiazole rings is 1. The SMILES string of the molecule is COc1ccc(C2c3sc(=O)[nH]c3SC3C4CC(C5C(=O)N(CC(=O)Nc6ccccc6)C(=O)C45)C23)cc1. The summed E-state index contributed by atoms with van der Waals surface area (Å²) in [5.74, 6) is -0.810. The molecule has 7 atom stereocenters. The molecule has 194 valence electrons. The van der Waals surface area contributed by atoms with Gasteiger partial charge in [0.1, 0.15) is 12.3 Å². The summed E-state index contributed by atoms with van der Waals surface area (Å²) in [5, 5.41) is 3.77. The van der Waals surface area contributed by atoms with Crippen LogP contribution < -0.4 is 14.9 Å². The first-order chi connectivity index (χ1) is 18.4. The van der Waals surface area contributed by atoms with Crippen molar-refractivity contribution in [3.05, 3.63) is 74.7 Å². The van der Waals surface area contributed by atoms with E-state index in [1.165, 1.54) is 16.2 Å². The van der Waals surface area contributed by atoms with Gasteiger partial charge in [0, 0.05) is 21.7 Å². The molecule has 2 N–H and O–H groups in total. The fourth-order valence-corrected chi connectivity index (χ4v) is 10.2. The third-order valence-corrected chi connectivity index (χ3v) is 11.2. The molecule has 2 aliphatic heterocycles. The van der Waals surface area contributed by atoms with Gasteiger partial charge in [0.05, 0.1) is 24.0 Å².